The molecule has 0 saturated carbocycles. The van der Waals surface area contributed by atoms with Crippen molar-refractivity contribution in [3.05, 3.63) is 60.2 Å². The highest BCUT2D eigenvalue weighted by molar-refractivity contribution is 7.89. The van der Waals surface area contributed by atoms with Crippen LogP contribution in [0.5, 0.6) is 5.75 Å². The van der Waals surface area contributed by atoms with Gasteiger partial charge in [0, 0.05) is 33.1 Å². The van der Waals surface area contributed by atoms with Crippen LogP contribution in [0.4, 0.5) is 0 Å². The number of sulfonamides is 1. The molecule has 8 nitrogen and oxygen atoms in total. The molecular weight excluding hydrogens is 478 g/mol. The second-order valence-corrected chi connectivity index (χ2v) is 10.7. The summed E-state index contributed by atoms with van der Waals surface area (Å²) in [5.74, 6) is 0.305. The maximum Gasteiger partial charge on any atom is 0.242 e. The number of hydrogen-bond donors (Lipinski definition) is 1. The lowest BCUT2D eigenvalue weighted by atomic mass is 10.1. The second-order valence-electron chi connectivity index (χ2n) is 8.68. The van der Waals surface area contributed by atoms with Crippen molar-refractivity contribution in [2.75, 3.05) is 27.2 Å². The number of carbonyl (C=O) groups is 2. The van der Waals surface area contributed by atoms with E-state index in [1.807, 2.05) is 31.2 Å². The number of amides is 2. The van der Waals surface area contributed by atoms with E-state index in [1.54, 1.807) is 42.3 Å². The van der Waals surface area contributed by atoms with Crippen molar-refractivity contribution in [3.8, 4) is 5.75 Å². The van der Waals surface area contributed by atoms with Gasteiger partial charge in [0.1, 0.15) is 11.8 Å². The second kappa shape index (κ2) is 14.6. The van der Waals surface area contributed by atoms with E-state index < -0.39 is 16.1 Å². The van der Waals surface area contributed by atoms with Crippen LogP contribution in [-0.2, 0) is 26.2 Å². The van der Waals surface area contributed by atoms with Crippen LogP contribution in [0.3, 0.4) is 0 Å². The van der Waals surface area contributed by atoms with Gasteiger partial charge in [-0.2, -0.15) is 0 Å². The highest BCUT2D eigenvalue weighted by Crippen LogP contribution is 2.19. The first-order valence-electron chi connectivity index (χ1n) is 12.5. The smallest absolute Gasteiger partial charge is 0.242 e. The minimum Gasteiger partial charge on any atom is -0.497 e. The molecule has 0 heterocycles. The van der Waals surface area contributed by atoms with Gasteiger partial charge in [-0.05, 0) is 49.1 Å². The molecule has 36 heavy (non-hydrogen) atoms. The van der Waals surface area contributed by atoms with Crippen molar-refractivity contribution < 1.29 is 22.7 Å². The molecule has 0 aliphatic carbocycles. The lowest BCUT2D eigenvalue weighted by molar-refractivity contribution is -0.141. The minimum absolute atomic E-state index is 0.122. The Hall–Kier alpha value is -2.91. The molecule has 198 valence electrons. The predicted octanol–water partition coefficient (Wildman–Crippen LogP) is 3.82. The van der Waals surface area contributed by atoms with Crippen LogP contribution in [0.15, 0.2) is 59.5 Å². The number of ether oxygens (including phenoxy) is 1. The molecule has 2 rings (SSSR count). The third kappa shape index (κ3) is 8.34. The monoisotopic (exact) mass is 517 g/mol. The fourth-order valence-corrected chi connectivity index (χ4v) is 5.11. The predicted molar refractivity (Wildman–Crippen MR) is 141 cm³/mol. The van der Waals surface area contributed by atoms with Gasteiger partial charge in [-0.25, -0.2) is 12.7 Å². The van der Waals surface area contributed by atoms with Crippen LogP contribution in [0.25, 0.3) is 0 Å². The fourth-order valence-electron chi connectivity index (χ4n) is 3.88. The Balaban J connectivity index is 2.13. The molecule has 0 radical (unpaired) electrons. The first-order valence-corrected chi connectivity index (χ1v) is 13.9. The van der Waals surface area contributed by atoms with Crippen molar-refractivity contribution >= 4 is 21.8 Å². The summed E-state index contributed by atoms with van der Waals surface area (Å²) >= 11 is 0. The number of nitrogens with zero attached hydrogens (tertiary/aromatic N) is 2. The van der Waals surface area contributed by atoms with Crippen LogP contribution in [0.1, 0.15) is 51.5 Å². The van der Waals surface area contributed by atoms with E-state index in [1.165, 1.54) is 11.4 Å². The molecule has 0 spiro atoms. The molecule has 1 N–H and O–H groups in total. The normalized spacial score (nSPS) is 12.2. The molecule has 0 bridgehead atoms. The number of carbonyl (C=O) groups excluding carboxylic acids is 2. The van der Waals surface area contributed by atoms with Gasteiger partial charge in [-0.15, -0.1) is 0 Å². The van der Waals surface area contributed by atoms with E-state index in [9.17, 15) is 18.0 Å². The summed E-state index contributed by atoms with van der Waals surface area (Å²) in [6.45, 7) is 4.95. The fraction of sp³-hybridized carbons (Fsp3) is 0.481. The zero-order chi connectivity index (χ0) is 26.6. The molecule has 0 aromatic heterocycles. The highest BCUT2D eigenvalue weighted by atomic mass is 32.2. The lowest BCUT2D eigenvalue weighted by Gasteiger charge is -2.31. The number of nitrogens with one attached hydrogen (secondary N) is 1. The summed E-state index contributed by atoms with van der Waals surface area (Å²) in [6.07, 6.45) is 2.76. The molecule has 0 fully saturated rings. The standard InChI is InChI=1S/C27H39N3O5S/c1-5-7-18-28-27(32)25(6-2)30(21-22-13-11-14-23(20-22)35-4)26(31)17-12-19-29(3)36(33,34)24-15-9-8-10-16-24/h8-11,13-16,20,25H,5-7,12,17-19,21H2,1-4H3,(H,28,32)/t25-/m1/s1. The Morgan fingerprint density at radius 2 is 1.75 bits per heavy atom. The molecule has 0 unspecified atom stereocenters. The summed E-state index contributed by atoms with van der Waals surface area (Å²) in [5, 5.41) is 2.95. The number of benzene rings is 2. The summed E-state index contributed by atoms with van der Waals surface area (Å²) in [7, 11) is -0.538. The van der Waals surface area contributed by atoms with E-state index in [2.05, 4.69) is 12.2 Å². The van der Waals surface area contributed by atoms with Crippen LogP contribution in [0.2, 0.25) is 0 Å². The van der Waals surface area contributed by atoms with E-state index in [4.69, 9.17) is 4.74 Å². The molecule has 9 heteroatoms. The topological polar surface area (TPSA) is 96.0 Å². The van der Waals surface area contributed by atoms with Crippen molar-refractivity contribution in [2.45, 2.75) is 63.4 Å². The molecule has 1 atom stereocenters. The van der Waals surface area contributed by atoms with E-state index >= 15 is 0 Å². The van der Waals surface area contributed by atoms with E-state index in [-0.39, 0.29) is 36.2 Å². The summed E-state index contributed by atoms with van der Waals surface area (Å²) in [6, 6.07) is 15.0. The summed E-state index contributed by atoms with van der Waals surface area (Å²) in [5.41, 5.74) is 0.853. The minimum atomic E-state index is -3.63. The van der Waals surface area contributed by atoms with Gasteiger partial charge in [-0.3, -0.25) is 9.59 Å². The summed E-state index contributed by atoms with van der Waals surface area (Å²) in [4.78, 5) is 28.2. The number of rotatable bonds is 15. The average molecular weight is 518 g/mol. The Bertz CT molecular complexity index is 1080. The third-order valence-corrected chi connectivity index (χ3v) is 7.89. The maximum absolute atomic E-state index is 13.4. The number of unbranched alkanes of at least 4 members (excludes halogenated alkanes) is 1. The molecule has 2 aromatic carbocycles. The van der Waals surface area contributed by atoms with Crippen LogP contribution in [-0.4, -0.2) is 62.7 Å². The van der Waals surface area contributed by atoms with Crippen molar-refractivity contribution in [1.29, 1.82) is 0 Å². The van der Waals surface area contributed by atoms with Gasteiger partial charge in [0.15, 0.2) is 0 Å². The SMILES string of the molecule is CCCCNC(=O)[C@@H](CC)N(Cc1cccc(OC)c1)C(=O)CCCN(C)S(=O)(=O)c1ccccc1. The largest absolute Gasteiger partial charge is 0.497 e. The first-order chi connectivity index (χ1) is 17.2. The van der Waals surface area contributed by atoms with Gasteiger partial charge < -0.3 is 15.0 Å². The molecule has 0 saturated heterocycles. The van der Waals surface area contributed by atoms with E-state index in [0.717, 1.165) is 18.4 Å². The molecular formula is C27H39N3O5S. The third-order valence-electron chi connectivity index (χ3n) is 6.02. The molecule has 2 aromatic rings. The quantitative estimate of drug-likeness (QED) is 0.363. The highest BCUT2D eigenvalue weighted by Gasteiger charge is 2.29. The van der Waals surface area contributed by atoms with Gasteiger partial charge in [0.25, 0.3) is 0 Å². The Labute approximate surface area is 215 Å². The zero-order valence-corrected chi connectivity index (χ0v) is 22.6. The molecule has 0 aliphatic heterocycles. The van der Waals surface area contributed by atoms with Gasteiger partial charge >= 0.3 is 0 Å². The Kier molecular flexibility index (Phi) is 11.9. The van der Waals surface area contributed by atoms with Gasteiger partial charge in [0.05, 0.1) is 12.0 Å². The van der Waals surface area contributed by atoms with Crippen molar-refractivity contribution in [2.24, 2.45) is 0 Å². The Morgan fingerprint density at radius 3 is 2.39 bits per heavy atom. The maximum atomic E-state index is 13.4. The van der Waals surface area contributed by atoms with E-state index in [0.29, 0.717) is 25.1 Å². The van der Waals surface area contributed by atoms with Crippen LogP contribution < -0.4 is 10.1 Å². The molecule has 0 aliphatic rings. The number of hydrogen-bond acceptors (Lipinski definition) is 5. The van der Waals surface area contributed by atoms with Crippen LogP contribution in [0, 0.1) is 0 Å². The van der Waals surface area contributed by atoms with Crippen molar-refractivity contribution in [1.82, 2.24) is 14.5 Å². The molecule has 2 amide bonds. The lowest BCUT2D eigenvalue weighted by Crippen LogP contribution is -2.49. The van der Waals surface area contributed by atoms with Gasteiger partial charge in [-0.1, -0.05) is 50.6 Å². The van der Waals surface area contributed by atoms with Crippen molar-refractivity contribution in [3.63, 3.8) is 0 Å². The first kappa shape index (κ1) is 29.3. The average Bonchev–Trinajstić information content (AvgIpc) is 2.89. The zero-order valence-electron chi connectivity index (χ0n) is 21.8. The van der Waals surface area contributed by atoms with Crippen LogP contribution >= 0.6 is 0 Å². The van der Waals surface area contributed by atoms with Gasteiger partial charge in [0.2, 0.25) is 21.8 Å². The summed E-state index contributed by atoms with van der Waals surface area (Å²) < 4.78 is 32.1. The number of methoxy groups -OCH3 is 1. The Morgan fingerprint density at radius 1 is 1.03 bits per heavy atom.